The molecule has 94 valence electrons. The number of aldehydes is 1. The van der Waals surface area contributed by atoms with Gasteiger partial charge in [-0.1, -0.05) is 45.1 Å². The van der Waals surface area contributed by atoms with E-state index in [9.17, 15) is 4.79 Å². The first-order valence-corrected chi connectivity index (χ1v) is 6.71. The molecule has 2 rings (SSSR count). The van der Waals surface area contributed by atoms with Crippen molar-refractivity contribution in [3.8, 4) is 0 Å². The fourth-order valence-electron chi connectivity index (χ4n) is 4.31. The Morgan fingerprint density at radius 1 is 1.47 bits per heavy atom. The van der Waals surface area contributed by atoms with Gasteiger partial charge in [0, 0.05) is 6.42 Å². The predicted molar refractivity (Wildman–Crippen MR) is 71.7 cm³/mol. The molecule has 0 amide bonds. The molecule has 0 aromatic rings. The quantitative estimate of drug-likeness (QED) is 0.516. The molecule has 0 bridgehead atoms. The zero-order valence-corrected chi connectivity index (χ0v) is 11.3. The van der Waals surface area contributed by atoms with Gasteiger partial charge in [-0.05, 0) is 41.9 Å². The molecule has 1 saturated carbocycles. The summed E-state index contributed by atoms with van der Waals surface area (Å²) >= 11 is 0. The van der Waals surface area contributed by atoms with Crippen molar-refractivity contribution in [2.75, 3.05) is 0 Å². The summed E-state index contributed by atoms with van der Waals surface area (Å²) in [6, 6.07) is 0. The second-order valence-electron chi connectivity index (χ2n) is 6.64. The van der Waals surface area contributed by atoms with E-state index >= 15 is 0 Å². The molecule has 0 aliphatic heterocycles. The van der Waals surface area contributed by atoms with E-state index in [-0.39, 0.29) is 10.8 Å². The van der Waals surface area contributed by atoms with E-state index in [1.165, 1.54) is 12.0 Å². The highest BCUT2D eigenvalue weighted by molar-refractivity contribution is 5.51. The van der Waals surface area contributed by atoms with Crippen LogP contribution in [0.4, 0.5) is 0 Å². The van der Waals surface area contributed by atoms with Gasteiger partial charge < -0.3 is 4.79 Å². The molecular weight excluding hydrogens is 208 g/mol. The number of hydrogen-bond acceptors (Lipinski definition) is 1. The third-order valence-corrected chi connectivity index (χ3v) is 5.17. The van der Waals surface area contributed by atoms with Crippen LogP contribution in [0.15, 0.2) is 24.3 Å². The minimum absolute atomic E-state index is 0.231. The molecule has 17 heavy (non-hydrogen) atoms. The SMILES string of the molecule is C=C1CC[C@H]2C(C)(C)C=CC[C@]2(C)[C@H]1CC=O. The van der Waals surface area contributed by atoms with E-state index in [0.717, 1.165) is 19.1 Å². The zero-order chi connectivity index (χ0) is 12.7. The lowest BCUT2D eigenvalue weighted by Gasteiger charge is -2.55. The molecule has 0 radical (unpaired) electrons. The monoisotopic (exact) mass is 232 g/mol. The normalized spacial score (nSPS) is 39.8. The topological polar surface area (TPSA) is 17.1 Å². The molecule has 0 N–H and O–H groups in total. The van der Waals surface area contributed by atoms with Crippen LogP contribution in [0.25, 0.3) is 0 Å². The fraction of sp³-hybridized carbons (Fsp3) is 0.688. The minimum atomic E-state index is 0.231. The van der Waals surface area contributed by atoms with Crippen molar-refractivity contribution in [3.63, 3.8) is 0 Å². The van der Waals surface area contributed by atoms with Crippen molar-refractivity contribution in [3.05, 3.63) is 24.3 Å². The second kappa shape index (κ2) is 4.12. The van der Waals surface area contributed by atoms with Crippen LogP contribution < -0.4 is 0 Å². The molecule has 1 nitrogen and oxygen atoms in total. The van der Waals surface area contributed by atoms with Gasteiger partial charge in [0.25, 0.3) is 0 Å². The summed E-state index contributed by atoms with van der Waals surface area (Å²) in [5, 5.41) is 0. The molecule has 0 heterocycles. The molecule has 0 aromatic heterocycles. The summed E-state index contributed by atoms with van der Waals surface area (Å²) in [4.78, 5) is 10.9. The summed E-state index contributed by atoms with van der Waals surface area (Å²) < 4.78 is 0. The number of fused-ring (bicyclic) bond motifs is 1. The van der Waals surface area contributed by atoms with Gasteiger partial charge in [0.1, 0.15) is 6.29 Å². The van der Waals surface area contributed by atoms with Crippen LogP contribution in [-0.2, 0) is 4.79 Å². The third-order valence-electron chi connectivity index (χ3n) is 5.17. The van der Waals surface area contributed by atoms with Gasteiger partial charge >= 0.3 is 0 Å². The molecule has 2 aliphatic carbocycles. The van der Waals surface area contributed by atoms with Crippen molar-refractivity contribution >= 4 is 6.29 Å². The first-order valence-electron chi connectivity index (χ1n) is 6.71. The Hall–Kier alpha value is -0.850. The summed E-state index contributed by atoms with van der Waals surface area (Å²) in [6.45, 7) is 11.2. The maximum atomic E-state index is 10.9. The van der Waals surface area contributed by atoms with Crippen LogP contribution >= 0.6 is 0 Å². The lowest BCUT2D eigenvalue weighted by molar-refractivity contribution is -0.110. The van der Waals surface area contributed by atoms with Crippen LogP contribution in [-0.4, -0.2) is 6.29 Å². The largest absolute Gasteiger partial charge is 0.303 e. The predicted octanol–water partition coefficient (Wildman–Crippen LogP) is 4.15. The van der Waals surface area contributed by atoms with Crippen molar-refractivity contribution in [1.82, 2.24) is 0 Å². The van der Waals surface area contributed by atoms with E-state index in [4.69, 9.17) is 0 Å². The van der Waals surface area contributed by atoms with E-state index in [1.54, 1.807) is 0 Å². The van der Waals surface area contributed by atoms with Crippen molar-refractivity contribution in [2.45, 2.75) is 46.5 Å². The van der Waals surface area contributed by atoms with Crippen LogP contribution in [0.2, 0.25) is 0 Å². The number of carbonyl (C=O) groups excluding carboxylic acids is 1. The molecule has 2 aliphatic rings. The Balaban J connectivity index is 2.39. The molecule has 0 aromatic carbocycles. The summed E-state index contributed by atoms with van der Waals surface area (Å²) in [5.74, 6) is 1.05. The molecular formula is C16H24O. The number of allylic oxidation sites excluding steroid dienone is 3. The summed E-state index contributed by atoms with van der Waals surface area (Å²) in [7, 11) is 0. The van der Waals surface area contributed by atoms with Crippen molar-refractivity contribution in [1.29, 1.82) is 0 Å². The molecule has 0 spiro atoms. The average molecular weight is 232 g/mol. The standard InChI is InChI=1S/C16H24O/c1-12-6-7-14-15(2,3)9-5-10-16(14,4)13(12)8-11-17/h5,9,11,13-14H,1,6-8,10H2,2-4H3/t13-,14-,16+/m0/s1. The Bertz CT molecular complexity index is 364. The van der Waals surface area contributed by atoms with E-state index < -0.39 is 0 Å². The zero-order valence-electron chi connectivity index (χ0n) is 11.3. The minimum Gasteiger partial charge on any atom is -0.303 e. The van der Waals surface area contributed by atoms with Crippen LogP contribution in [0.1, 0.15) is 46.5 Å². The van der Waals surface area contributed by atoms with E-state index in [1.807, 2.05) is 0 Å². The Morgan fingerprint density at radius 3 is 2.82 bits per heavy atom. The number of carbonyl (C=O) groups is 1. The Morgan fingerprint density at radius 2 is 2.18 bits per heavy atom. The maximum absolute atomic E-state index is 10.9. The number of hydrogen-bond donors (Lipinski definition) is 0. The highest BCUT2D eigenvalue weighted by Crippen LogP contribution is 2.59. The molecule has 0 saturated heterocycles. The first kappa shape index (κ1) is 12.6. The van der Waals surface area contributed by atoms with Gasteiger partial charge in [-0.3, -0.25) is 0 Å². The van der Waals surface area contributed by atoms with Gasteiger partial charge in [0.2, 0.25) is 0 Å². The Labute approximate surface area is 105 Å². The highest BCUT2D eigenvalue weighted by atomic mass is 16.1. The molecule has 1 fully saturated rings. The summed E-state index contributed by atoms with van der Waals surface area (Å²) in [5.41, 5.74) is 1.78. The van der Waals surface area contributed by atoms with Gasteiger partial charge in [0.15, 0.2) is 0 Å². The second-order valence-corrected chi connectivity index (χ2v) is 6.64. The van der Waals surface area contributed by atoms with E-state index in [2.05, 4.69) is 39.5 Å². The van der Waals surface area contributed by atoms with Gasteiger partial charge in [-0.2, -0.15) is 0 Å². The highest BCUT2D eigenvalue weighted by Gasteiger charge is 2.50. The lowest BCUT2D eigenvalue weighted by Crippen LogP contribution is -2.47. The van der Waals surface area contributed by atoms with Crippen molar-refractivity contribution < 1.29 is 4.79 Å². The van der Waals surface area contributed by atoms with Gasteiger partial charge in [-0.25, -0.2) is 0 Å². The first-order chi connectivity index (χ1) is 7.92. The number of rotatable bonds is 2. The molecule has 0 unspecified atom stereocenters. The Kier molecular flexibility index (Phi) is 3.05. The van der Waals surface area contributed by atoms with E-state index in [0.29, 0.717) is 18.3 Å². The van der Waals surface area contributed by atoms with Crippen LogP contribution in [0.3, 0.4) is 0 Å². The summed E-state index contributed by atoms with van der Waals surface area (Å²) in [6.07, 6.45) is 9.82. The van der Waals surface area contributed by atoms with Crippen LogP contribution in [0.5, 0.6) is 0 Å². The van der Waals surface area contributed by atoms with Gasteiger partial charge in [-0.15, -0.1) is 0 Å². The smallest absolute Gasteiger partial charge is 0.120 e. The van der Waals surface area contributed by atoms with Crippen LogP contribution in [0, 0.1) is 22.7 Å². The maximum Gasteiger partial charge on any atom is 0.120 e. The molecule has 1 heteroatoms. The average Bonchev–Trinajstić information content (AvgIpc) is 2.22. The lowest BCUT2D eigenvalue weighted by atomic mass is 9.49. The third kappa shape index (κ3) is 1.90. The van der Waals surface area contributed by atoms with Gasteiger partial charge in [0.05, 0.1) is 0 Å². The molecule has 3 atom stereocenters. The van der Waals surface area contributed by atoms with Crippen molar-refractivity contribution in [2.24, 2.45) is 22.7 Å². The fourth-order valence-corrected chi connectivity index (χ4v) is 4.31.